The van der Waals surface area contributed by atoms with Gasteiger partial charge in [-0.05, 0) is 24.3 Å². The number of hydrogen-bond donors (Lipinski definition) is 0. The molecule has 0 fully saturated rings. The zero-order valence-electron chi connectivity index (χ0n) is 12.4. The highest BCUT2D eigenvalue weighted by atomic mass is 79.9. The van der Waals surface area contributed by atoms with E-state index < -0.39 is 36.0 Å². The maximum absolute atomic E-state index is 12.0. The van der Waals surface area contributed by atoms with Gasteiger partial charge in [-0.15, -0.1) is 0 Å². The Morgan fingerprint density at radius 1 is 0.583 bits per heavy atom. The van der Waals surface area contributed by atoms with Crippen molar-refractivity contribution < 1.29 is 19.2 Å². The number of benzene rings is 2. The van der Waals surface area contributed by atoms with Gasteiger partial charge in [0.05, 0.1) is 12.8 Å². The summed E-state index contributed by atoms with van der Waals surface area (Å²) in [6.07, 6.45) is -1.07. The highest BCUT2D eigenvalue weighted by Crippen LogP contribution is 2.14. The van der Waals surface area contributed by atoms with E-state index in [4.69, 9.17) is 0 Å². The Morgan fingerprint density at radius 2 is 0.875 bits per heavy atom. The molecular weight excluding hydrogens is 440 g/mol. The number of halogens is 2. The van der Waals surface area contributed by atoms with Crippen LogP contribution in [0, 0.1) is 0 Å². The first-order valence-corrected chi connectivity index (χ1v) is 8.59. The number of carbonyl (C=O) groups excluding carboxylic acids is 4. The van der Waals surface area contributed by atoms with Gasteiger partial charge >= 0.3 is 0 Å². The third-order valence-electron chi connectivity index (χ3n) is 3.29. The third kappa shape index (κ3) is 5.04. The summed E-state index contributed by atoms with van der Waals surface area (Å²) in [6.45, 7) is 0. The number of hydrogen-bond acceptors (Lipinski definition) is 4. The first kappa shape index (κ1) is 18.4. The average molecular weight is 452 g/mol. The van der Waals surface area contributed by atoms with Crippen molar-refractivity contribution in [3.63, 3.8) is 0 Å². The number of carbonyl (C=O) groups is 4. The maximum atomic E-state index is 12.0. The summed E-state index contributed by atoms with van der Waals surface area (Å²) in [5.41, 5.74) is 0.692. The molecule has 0 unspecified atom stereocenters. The van der Waals surface area contributed by atoms with Crippen LogP contribution in [0.2, 0.25) is 0 Å². The Balaban J connectivity index is 1.95. The van der Waals surface area contributed by atoms with Crippen LogP contribution >= 0.6 is 31.9 Å². The van der Waals surface area contributed by atoms with E-state index in [2.05, 4.69) is 31.9 Å². The van der Waals surface area contributed by atoms with Gasteiger partial charge < -0.3 is 0 Å². The molecule has 0 heterocycles. The minimum atomic E-state index is -0.853. The predicted octanol–water partition coefficient (Wildman–Crippen LogP) is 4.20. The molecule has 0 aromatic heterocycles. The summed E-state index contributed by atoms with van der Waals surface area (Å²) < 4.78 is 1.61. The molecule has 0 aliphatic heterocycles. The number of Topliss-reactive ketones (excluding diaryl/α,β-unsaturated/α-hetero) is 4. The van der Waals surface area contributed by atoms with Crippen LogP contribution in [0.1, 0.15) is 33.6 Å². The molecule has 0 atom stereocenters. The largest absolute Gasteiger partial charge is 0.294 e. The minimum absolute atomic E-state index is 0.346. The van der Waals surface area contributed by atoms with Gasteiger partial charge in [0.25, 0.3) is 0 Å². The van der Waals surface area contributed by atoms with Crippen LogP contribution in [0.4, 0.5) is 0 Å². The Labute approximate surface area is 155 Å². The summed E-state index contributed by atoms with van der Waals surface area (Å²) in [4.78, 5) is 47.7. The van der Waals surface area contributed by atoms with Crippen LogP contribution < -0.4 is 0 Å². The van der Waals surface area contributed by atoms with Crippen LogP contribution in [0.25, 0.3) is 0 Å². The van der Waals surface area contributed by atoms with E-state index in [-0.39, 0.29) is 0 Å². The molecule has 0 spiro atoms. The Bertz CT molecular complexity index is 723. The SMILES string of the molecule is O=C(CC(=O)c1ccc(Br)cc1)C(=O)CC(=O)c1ccc(Br)cc1. The molecule has 0 saturated heterocycles. The second kappa shape index (κ2) is 8.26. The van der Waals surface area contributed by atoms with Crippen molar-refractivity contribution in [2.45, 2.75) is 12.8 Å². The molecule has 24 heavy (non-hydrogen) atoms. The van der Waals surface area contributed by atoms with Gasteiger partial charge in [0, 0.05) is 20.1 Å². The van der Waals surface area contributed by atoms with Crippen LogP contribution in [0.5, 0.6) is 0 Å². The molecule has 0 saturated carbocycles. The zero-order chi connectivity index (χ0) is 17.7. The summed E-state index contributed by atoms with van der Waals surface area (Å²) in [6, 6.07) is 13.0. The number of ketones is 4. The Hall–Kier alpha value is -1.92. The lowest BCUT2D eigenvalue weighted by Gasteiger charge is -2.02. The monoisotopic (exact) mass is 450 g/mol. The molecule has 2 aromatic carbocycles. The van der Waals surface area contributed by atoms with Gasteiger partial charge in [-0.25, -0.2) is 0 Å². The molecular formula is C18H12Br2O4. The number of rotatable bonds is 7. The van der Waals surface area contributed by atoms with E-state index in [1.54, 1.807) is 48.5 Å². The molecule has 2 aromatic rings. The van der Waals surface area contributed by atoms with Gasteiger partial charge in [-0.1, -0.05) is 56.1 Å². The van der Waals surface area contributed by atoms with E-state index in [0.717, 1.165) is 8.95 Å². The van der Waals surface area contributed by atoms with Crippen molar-refractivity contribution in [2.75, 3.05) is 0 Å². The highest BCUT2D eigenvalue weighted by Gasteiger charge is 2.22. The normalized spacial score (nSPS) is 10.2. The first-order valence-electron chi connectivity index (χ1n) is 7.00. The van der Waals surface area contributed by atoms with Crippen LogP contribution in [-0.4, -0.2) is 23.1 Å². The van der Waals surface area contributed by atoms with Gasteiger partial charge in [-0.3, -0.25) is 19.2 Å². The first-order chi connectivity index (χ1) is 11.4. The zero-order valence-corrected chi connectivity index (χ0v) is 15.6. The fourth-order valence-corrected chi connectivity index (χ4v) is 2.49. The minimum Gasteiger partial charge on any atom is -0.294 e. The van der Waals surface area contributed by atoms with E-state index in [1.807, 2.05) is 0 Å². The molecule has 0 aliphatic rings. The molecule has 0 radical (unpaired) electrons. The van der Waals surface area contributed by atoms with Gasteiger partial charge in [0.15, 0.2) is 11.6 Å². The summed E-state index contributed by atoms with van der Waals surface area (Å²) in [5.74, 6) is -2.60. The lowest BCUT2D eigenvalue weighted by atomic mass is 10.00. The van der Waals surface area contributed by atoms with Crippen LogP contribution in [0.3, 0.4) is 0 Å². The van der Waals surface area contributed by atoms with E-state index in [0.29, 0.717) is 11.1 Å². The summed E-state index contributed by atoms with van der Waals surface area (Å²) in [5, 5.41) is 0. The van der Waals surface area contributed by atoms with E-state index in [1.165, 1.54) is 0 Å². The Morgan fingerprint density at radius 3 is 1.17 bits per heavy atom. The summed E-state index contributed by atoms with van der Waals surface area (Å²) >= 11 is 6.50. The van der Waals surface area contributed by atoms with Gasteiger partial charge in [-0.2, -0.15) is 0 Å². The Kier molecular flexibility index (Phi) is 6.34. The second-order valence-electron chi connectivity index (χ2n) is 5.06. The molecule has 6 heteroatoms. The average Bonchev–Trinajstić information content (AvgIpc) is 2.55. The second-order valence-corrected chi connectivity index (χ2v) is 6.89. The molecule has 0 N–H and O–H groups in total. The smallest absolute Gasteiger partial charge is 0.206 e. The highest BCUT2D eigenvalue weighted by molar-refractivity contribution is 9.10. The van der Waals surface area contributed by atoms with Crippen molar-refractivity contribution in [2.24, 2.45) is 0 Å². The standard InChI is InChI=1S/C18H12Br2O4/c19-13-5-1-11(2-6-13)15(21)9-17(23)18(24)10-16(22)12-3-7-14(20)8-4-12/h1-8H,9-10H2. The van der Waals surface area contributed by atoms with Crippen molar-refractivity contribution in [1.29, 1.82) is 0 Å². The predicted molar refractivity (Wildman–Crippen MR) is 96.2 cm³/mol. The molecule has 122 valence electrons. The molecule has 2 rings (SSSR count). The van der Waals surface area contributed by atoms with Crippen LogP contribution in [0.15, 0.2) is 57.5 Å². The lowest BCUT2D eigenvalue weighted by Crippen LogP contribution is -2.21. The van der Waals surface area contributed by atoms with E-state index in [9.17, 15) is 19.2 Å². The van der Waals surface area contributed by atoms with Crippen molar-refractivity contribution in [3.8, 4) is 0 Å². The fourth-order valence-electron chi connectivity index (χ4n) is 1.96. The van der Waals surface area contributed by atoms with Crippen molar-refractivity contribution >= 4 is 55.0 Å². The quantitative estimate of drug-likeness (QED) is 0.359. The summed E-state index contributed by atoms with van der Waals surface area (Å²) in [7, 11) is 0. The molecule has 0 aliphatic carbocycles. The fraction of sp³-hybridized carbons (Fsp3) is 0.111. The molecule has 4 nitrogen and oxygen atoms in total. The van der Waals surface area contributed by atoms with Gasteiger partial charge in [0.2, 0.25) is 11.6 Å². The van der Waals surface area contributed by atoms with Crippen molar-refractivity contribution in [3.05, 3.63) is 68.6 Å². The van der Waals surface area contributed by atoms with E-state index >= 15 is 0 Å². The molecule has 0 amide bonds. The van der Waals surface area contributed by atoms with Crippen molar-refractivity contribution in [1.82, 2.24) is 0 Å². The maximum Gasteiger partial charge on any atom is 0.206 e. The molecule has 0 bridgehead atoms. The van der Waals surface area contributed by atoms with Gasteiger partial charge in [0.1, 0.15) is 0 Å². The third-order valence-corrected chi connectivity index (χ3v) is 4.34. The lowest BCUT2D eigenvalue weighted by molar-refractivity contribution is -0.135. The van der Waals surface area contributed by atoms with Crippen LogP contribution in [-0.2, 0) is 9.59 Å². The topological polar surface area (TPSA) is 68.3 Å².